The fraction of sp³-hybridized carbons (Fsp3) is 0.391. The summed E-state index contributed by atoms with van der Waals surface area (Å²) in [5.74, 6) is -0.731. The van der Waals surface area contributed by atoms with Crippen LogP contribution in [-0.2, 0) is 26.0 Å². The van der Waals surface area contributed by atoms with Crippen molar-refractivity contribution in [2.45, 2.75) is 17.7 Å². The molecule has 0 atom stereocenters. The molecule has 0 heterocycles. The highest BCUT2D eigenvalue weighted by Gasteiger charge is 2.19. The third-order valence-electron chi connectivity index (χ3n) is 4.93. The zero-order valence-electron chi connectivity index (χ0n) is 18.8. The zero-order valence-corrected chi connectivity index (χ0v) is 19.6. The van der Waals surface area contributed by atoms with Crippen LogP contribution in [0.15, 0.2) is 59.5 Å². The summed E-state index contributed by atoms with van der Waals surface area (Å²) in [5, 5.41) is 2.59. The summed E-state index contributed by atoms with van der Waals surface area (Å²) < 4.78 is 30.8. The van der Waals surface area contributed by atoms with E-state index in [1.165, 1.54) is 43.9 Å². The molecule has 0 aliphatic carbocycles. The Morgan fingerprint density at radius 2 is 1.72 bits per heavy atom. The average molecular weight is 462 g/mol. The lowest BCUT2D eigenvalue weighted by molar-refractivity contribution is -0.130. The molecule has 0 aliphatic heterocycles. The van der Waals surface area contributed by atoms with Crippen molar-refractivity contribution in [3.05, 3.63) is 65.7 Å². The van der Waals surface area contributed by atoms with Crippen LogP contribution in [0.25, 0.3) is 0 Å². The number of amides is 2. The molecule has 0 spiro atoms. The van der Waals surface area contributed by atoms with Gasteiger partial charge in [-0.15, -0.1) is 0 Å². The van der Waals surface area contributed by atoms with Gasteiger partial charge in [-0.25, -0.2) is 12.7 Å². The van der Waals surface area contributed by atoms with Crippen molar-refractivity contribution < 1.29 is 22.7 Å². The minimum absolute atomic E-state index is 0.0177. The third kappa shape index (κ3) is 7.44. The van der Waals surface area contributed by atoms with Gasteiger partial charge in [-0.1, -0.05) is 36.4 Å². The molecule has 2 rings (SSSR count). The molecule has 0 radical (unpaired) electrons. The number of nitrogens with one attached hydrogen (secondary N) is 1. The van der Waals surface area contributed by atoms with Crippen LogP contribution >= 0.6 is 0 Å². The van der Waals surface area contributed by atoms with E-state index < -0.39 is 15.9 Å². The first-order valence-corrected chi connectivity index (χ1v) is 11.8. The Bertz CT molecular complexity index is 994. The Hall–Kier alpha value is -2.75. The fourth-order valence-electron chi connectivity index (χ4n) is 3.06. The number of methoxy groups -OCH3 is 1. The van der Waals surface area contributed by atoms with Gasteiger partial charge in [-0.2, -0.15) is 0 Å². The number of carbonyl (C=O) groups is 2. The lowest BCUT2D eigenvalue weighted by Crippen LogP contribution is -2.42. The maximum atomic E-state index is 12.7. The third-order valence-corrected chi connectivity index (χ3v) is 6.74. The van der Waals surface area contributed by atoms with E-state index in [9.17, 15) is 18.0 Å². The highest BCUT2D eigenvalue weighted by Crippen LogP contribution is 2.15. The largest absolute Gasteiger partial charge is 0.383 e. The van der Waals surface area contributed by atoms with Crippen molar-refractivity contribution in [1.82, 2.24) is 14.5 Å². The number of hydrogen-bond acceptors (Lipinski definition) is 5. The Kier molecular flexibility index (Phi) is 9.83. The van der Waals surface area contributed by atoms with Crippen LogP contribution in [-0.4, -0.2) is 76.9 Å². The Morgan fingerprint density at radius 3 is 2.38 bits per heavy atom. The number of rotatable bonds is 12. The molecule has 9 heteroatoms. The highest BCUT2D eigenvalue weighted by molar-refractivity contribution is 7.89. The predicted octanol–water partition coefficient (Wildman–Crippen LogP) is 1.77. The molecular weight excluding hydrogens is 430 g/mol. The topological polar surface area (TPSA) is 96.0 Å². The average Bonchev–Trinajstić information content (AvgIpc) is 2.80. The standard InChI is InChI=1S/C23H31N3O5S/c1-25(2)32(29,30)21-13-7-12-20(17-21)23(28)24-18-22(27)26(15-16-31-3)14-8-11-19-9-5-4-6-10-19/h4-7,9-10,12-13,17H,8,11,14-16,18H2,1-3H3,(H,24,28). The normalized spacial score (nSPS) is 11.4. The van der Waals surface area contributed by atoms with Gasteiger partial charge in [0.1, 0.15) is 0 Å². The first-order valence-electron chi connectivity index (χ1n) is 10.4. The quantitative estimate of drug-likeness (QED) is 0.520. The maximum absolute atomic E-state index is 12.7. The molecular formula is C23H31N3O5S. The summed E-state index contributed by atoms with van der Waals surface area (Å²) in [6.07, 6.45) is 1.63. The molecule has 2 aromatic carbocycles. The van der Waals surface area contributed by atoms with Crippen LogP contribution in [0.2, 0.25) is 0 Å². The molecule has 0 fully saturated rings. The Labute approximate surface area is 190 Å². The fourth-order valence-corrected chi connectivity index (χ4v) is 4.01. The number of nitrogens with zero attached hydrogens (tertiary/aromatic N) is 2. The Morgan fingerprint density at radius 1 is 1.00 bits per heavy atom. The van der Waals surface area contributed by atoms with Crippen LogP contribution in [0, 0.1) is 0 Å². The van der Waals surface area contributed by atoms with Crippen LogP contribution in [0.4, 0.5) is 0 Å². The summed E-state index contributed by atoms with van der Waals surface area (Å²) in [6.45, 7) is 1.19. The van der Waals surface area contributed by atoms with Gasteiger partial charge in [0.25, 0.3) is 5.91 Å². The second kappa shape index (κ2) is 12.3. The van der Waals surface area contributed by atoms with Gasteiger partial charge in [0.05, 0.1) is 18.0 Å². The van der Waals surface area contributed by atoms with Gasteiger partial charge in [-0.3, -0.25) is 9.59 Å². The van der Waals surface area contributed by atoms with E-state index in [4.69, 9.17) is 4.74 Å². The van der Waals surface area contributed by atoms with Gasteiger partial charge in [0.15, 0.2) is 0 Å². The van der Waals surface area contributed by atoms with Gasteiger partial charge in [0, 0.05) is 39.9 Å². The van der Waals surface area contributed by atoms with Crippen LogP contribution in [0.1, 0.15) is 22.3 Å². The predicted molar refractivity (Wildman–Crippen MR) is 123 cm³/mol. The number of hydrogen-bond donors (Lipinski definition) is 1. The summed E-state index contributed by atoms with van der Waals surface area (Å²) in [5.41, 5.74) is 1.38. The van der Waals surface area contributed by atoms with E-state index in [0.29, 0.717) is 19.7 Å². The number of carbonyl (C=O) groups excluding carboxylic acids is 2. The first kappa shape index (κ1) is 25.5. The molecule has 8 nitrogen and oxygen atoms in total. The number of ether oxygens (including phenoxy) is 1. The van der Waals surface area contributed by atoms with Crippen molar-refractivity contribution in [2.75, 3.05) is 47.4 Å². The molecule has 0 unspecified atom stereocenters. The SMILES string of the molecule is COCCN(CCCc1ccccc1)C(=O)CNC(=O)c1cccc(S(=O)(=O)N(C)C)c1. The maximum Gasteiger partial charge on any atom is 0.251 e. The van der Waals surface area contributed by atoms with E-state index >= 15 is 0 Å². The lowest BCUT2D eigenvalue weighted by Gasteiger charge is -2.22. The minimum Gasteiger partial charge on any atom is -0.383 e. The monoisotopic (exact) mass is 461 g/mol. The molecule has 2 aromatic rings. The molecule has 0 aliphatic rings. The second-order valence-electron chi connectivity index (χ2n) is 7.46. The first-order chi connectivity index (χ1) is 15.3. The van der Waals surface area contributed by atoms with E-state index in [0.717, 1.165) is 17.1 Å². The summed E-state index contributed by atoms with van der Waals surface area (Å²) in [4.78, 5) is 26.9. The van der Waals surface area contributed by atoms with Gasteiger partial charge < -0.3 is 15.0 Å². The van der Waals surface area contributed by atoms with Crippen molar-refractivity contribution in [3.63, 3.8) is 0 Å². The number of sulfonamides is 1. The summed E-state index contributed by atoms with van der Waals surface area (Å²) >= 11 is 0. The van der Waals surface area contributed by atoms with Crippen LogP contribution in [0.3, 0.4) is 0 Å². The summed E-state index contributed by atoms with van der Waals surface area (Å²) in [7, 11) is 0.763. The molecule has 32 heavy (non-hydrogen) atoms. The molecule has 0 saturated heterocycles. The Balaban J connectivity index is 1.95. The van der Waals surface area contributed by atoms with Gasteiger partial charge in [-0.05, 0) is 36.6 Å². The molecule has 0 bridgehead atoms. The molecule has 174 valence electrons. The molecule has 1 N–H and O–H groups in total. The van der Waals surface area contributed by atoms with Crippen molar-refractivity contribution in [2.24, 2.45) is 0 Å². The smallest absolute Gasteiger partial charge is 0.251 e. The number of benzene rings is 2. The van der Waals surface area contributed by atoms with E-state index in [-0.39, 0.29) is 22.9 Å². The van der Waals surface area contributed by atoms with Gasteiger partial charge in [0.2, 0.25) is 15.9 Å². The van der Waals surface area contributed by atoms with Crippen molar-refractivity contribution in [3.8, 4) is 0 Å². The van der Waals surface area contributed by atoms with Crippen LogP contribution in [0.5, 0.6) is 0 Å². The van der Waals surface area contributed by atoms with E-state index in [2.05, 4.69) is 5.32 Å². The van der Waals surface area contributed by atoms with E-state index in [1.807, 2.05) is 30.3 Å². The van der Waals surface area contributed by atoms with Gasteiger partial charge >= 0.3 is 0 Å². The van der Waals surface area contributed by atoms with Crippen molar-refractivity contribution >= 4 is 21.8 Å². The van der Waals surface area contributed by atoms with Crippen LogP contribution < -0.4 is 5.32 Å². The minimum atomic E-state index is -3.66. The second-order valence-corrected chi connectivity index (χ2v) is 9.61. The number of aryl methyl sites for hydroxylation is 1. The van der Waals surface area contributed by atoms with Crippen molar-refractivity contribution in [1.29, 1.82) is 0 Å². The highest BCUT2D eigenvalue weighted by atomic mass is 32.2. The zero-order chi connectivity index (χ0) is 23.6. The van der Waals surface area contributed by atoms with E-state index in [1.54, 1.807) is 12.0 Å². The molecule has 0 aromatic heterocycles. The molecule has 2 amide bonds. The molecule has 0 saturated carbocycles. The lowest BCUT2D eigenvalue weighted by atomic mass is 10.1. The summed E-state index contributed by atoms with van der Waals surface area (Å²) in [6, 6.07) is 15.8.